The molecule has 2 fully saturated rings. The van der Waals surface area contributed by atoms with Crippen molar-refractivity contribution < 1.29 is 4.74 Å². The average molecular weight is 83.1 g/mol. The summed E-state index contributed by atoms with van der Waals surface area (Å²) >= 11 is 0. The highest BCUT2D eigenvalue weighted by Crippen LogP contribution is 2.37. The van der Waals surface area contributed by atoms with E-state index in [1.807, 2.05) is 0 Å². The largest absolute Gasteiger partial charge is 0.360 e. The minimum atomic E-state index is 0.657. The summed E-state index contributed by atoms with van der Waals surface area (Å²) in [6.45, 7) is 0. The molecule has 1 nitrogen and oxygen atoms in total. The van der Waals surface area contributed by atoms with Crippen molar-refractivity contribution in [2.45, 2.75) is 25.0 Å². The van der Waals surface area contributed by atoms with Crippen LogP contribution in [-0.4, -0.2) is 12.2 Å². The molecule has 2 rings (SSSR count). The van der Waals surface area contributed by atoms with Gasteiger partial charge in [0.1, 0.15) is 25.0 Å². The average Bonchev–Trinajstić information content (AvgIpc) is 2.17. The van der Waals surface area contributed by atoms with E-state index >= 15 is 0 Å². The van der Waals surface area contributed by atoms with E-state index in [1.165, 1.54) is 12.8 Å². The van der Waals surface area contributed by atoms with Crippen LogP contribution in [0.3, 0.4) is 0 Å². The fraction of sp³-hybridized carbons (Fsp3) is 0.800. The van der Waals surface area contributed by atoms with Crippen LogP contribution in [0, 0.1) is 6.42 Å². The van der Waals surface area contributed by atoms with Gasteiger partial charge in [-0.1, -0.05) is 0 Å². The maximum absolute atomic E-state index is 5.12. The minimum absolute atomic E-state index is 0.657. The molecule has 2 unspecified atom stereocenters. The maximum atomic E-state index is 5.12. The van der Waals surface area contributed by atoms with Crippen molar-refractivity contribution in [2.75, 3.05) is 0 Å². The standard InChI is InChI=1S/C5H7O/c1-2-4-5(3-1)6-4/h1,4-5H,2-3H2/q+1. The number of ether oxygens (including phenoxy) is 1. The Bertz CT molecular complexity index is 62.3. The molecule has 1 heteroatoms. The molecule has 6 heavy (non-hydrogen) atoms. The molecule has 32 valence electrons. The molecule has 2 aliphatic rings. The Hall–Kier alpha value is -0.170. The first kappa shape index (κ1) is 2.92. The van der Waals surface area contributed by atoms with Crippen molar-refractivity contribution in [1.82, 2.24) is 0 Å². The topological polar surface area (TPSA) is 12.5 Å². The van der Waals surface area contributed by atoms with Gasteiger partial charge in [0, 0.05) is 0 Å². The van der Waals surface area contributed by atoms with Crippen LogP contribution in [0.5, 0.6) is 0 Å². The highest BCUT2D eigenvalue weighted by molar-refractivity contribution is 4.99. The van der Waals surface area contributed by atoms with Crippen molar-refractivity contribution >= 4 is 0 Å². The Morgan fingerprint density at radius 3 is 2.17 bits per heavy atom. The van der Waals surface area contributed by atoms with E-state index in [9.17, 15) is 0 Å². The van der Waals surface area contributed by atoms with Crippen molar-refractivity contribution in [1.29, 1.82) is 0 Å². The van der Waals surface area contributed by atoms with Gasteiger partial charge in [-0.3, -0.25) is 0 Å². The van der Waals surface area contributed by atoms with Gasteiger partial charge in [0.2, 0.25) is 0 Å². The molecule has 0 aromatic heterocycles. The third-order valence-electron chi connectivity index (χ3n) is 1.49. The van der Waals surface area contributed by atoms with Gasteiger partial charge < -0.3 is 4.74 Å². The molecule has 0 amide bonds. The van der Waals surface area contributed by atoms with E-state index in [1.54, 1.807) is 0 Å². The van der Waals surface area contributed by atoms with Crippen molar-refractivity contribution in [3.8, 4) is 0 Å². The van der Waals surface area contributed by atoms with Gasteiger partial charge in [0.05, 0.1) is 6.42 Å². The fourth-order valence-electron chi connectivity index (χ4n) is 1.02. The highest BCUT2D eigenvalue weighted by Gasteiger charge is 2.49. The summed E-state index contributed by atoms with van der Waals surface area (Å²) in [5.74, 6) is 0. The molecule has 1 saturated heterocycles. The second-order valence-corrected chi connectivity index (χ2v) is 1.97. The van der Waals surface area contributed by atoms with E-state index in [-0.39, 0.29) is 0 Å². The molecule has 2 atom stereocenters. The molecule has 0 aromatic rings. The number of hydrogen-bond acceptors (Lipinski definition) is 1. The van der Waals surface area contributed by atoms with Gasteiger partial charge >= 0.3 is 0 Å². The summed E-state index contributed by atoms with van der Waals surface area (Å²) in [6, 6.07) is 0. The van der Waals surface area contributed by atoms with Crippen LogP contribution in [0.25, 0.3) is 0 Å². The molecule has 0 spiro atoms. The van der Waals surface area contributed by atoms with Gasteiger partial charge in [0.25, 0.3) is 0 Å². The Morgan fingerprint density at radius 1 is 1.33 bits per heavy atom. The van der Waals surface area contributed by atoms with Crippen LogP contribution in [0.1, 0.15) is 12.8 Å². The van der Waals surface area contributed by atoms with Gasteiger partial charge in [-0.05, 0) is 0 Å². The SMILES string of the molecule is [CH+]1CC2OC2C1. The van der Waals surface area contributed by atoms with E-state index < -0.39 is 0 Å². The van der Waals surface area contributed by atoms with Crippen molar-refractivity contribution in [3.63, 3.8) is 0 Å². The van der Waals surface area contributed by atoms with E-state index in [2.05, 4.69) is 6.42 Å². The van der Waals surface area contributed by atoms with Gasteiger partial charge in [-0.2, -0.15) is 0 Å². The molecule has 0 aromatic carbocycles. The predicted octanol–water partition coefficient (Wildman–Crippen LogP) is 0.752. The predicted molar refractivity (Wildman–Crippen MR) is 22.2 cm³/mol. The summed E-state index contributed by atoms with van der Waals surface area (Å²) in [5.41, 5.74) is 0. The highest BCUT2D eigenvalue weighted by atomic mass is 16.6. The summed E-state index contributed by atoms with van der Waals surface area (Å²) < 4.78 is 5.12. The molecule has 0 radical (unpaired) electrons. The van der Waals surface area contributed by atoms with Crippen LogP contribution < -0.4 is 0 Å². The van der Waals surface area contributed by atoms with E-state index in [0.29, 0.717) is 12.2 Å². The lowest BCUT2D eigenvalue weighted by Gasteiger charge is -1.72. The van der Waals surface area contributed by atoms with E-state index in [0.717, 1.165) is 0 Å². The van der Waals surface area contributed by atoms with E-state index in [4.69, 9.17) is 4.74 Å². The normalized spacial score (nSPS) is 50.7. The molecule has 0 bridgehead atoms. The summed E-state index contributed by atoms with van der Waals surface area (Å²) in [4.78, 5) is 0. The summed E-state index contributed by atoms with van der Waals surface area (Å²) in [7, 11) is 0. The zero-order chi connectivity index (χ0) is 3.98. The first-order valence-corrected chi connectivity index (χ1v) is 2.44. The molecule has 1 aliphatic heterocycles. The lowest BCUT2D eigenvalue weighted by atomic mass is 10.4. The number of hydrogen-bond donors (Lipinski definition) is 0. The van der Waals surface area contributed by atoms with Crippen LogP contribution in [-0.2, 0) is 4.74 Å². The van der Waals surface area contributed by atoms with Crippen LogP contribution in [0.2, 0.25) is 0 Å². The Balaban J connectivity index is 2.09. The Labute approximate surface area is 37.3 Å². The lowest BCUT2D eigenvalue weighted by Crippen LogP contribution is -1.74. The van der Waals surface area contributed by atoms with Crippen LogP contribution in [0.15, 0.2) is 0 Å². The fourth-order valence-corrected chi connectivity index (χ4v) is 1.02. The van der Waals surface area contributed by atoms with Crippen LogP contribution in [0.4, 0.5) is 0 Å². The van der Waals surface area contributed by atoms with Gasteiger partial charge in [-0.15, -0.1) is 0 Å². The molecular formula is C5H7O+. The zero-order valence-electron chi connectivity index (χ0n) is 3.55. The third-order valence-corrected chi connectivity index (χ3v) is 1.49. The summed E-state index contributed by atoms with van der Waals surface area (Å²) in [5, 5.41) is 0. The monoisotopic (exact) mass is 83.0 g/mol. The quantitative estimate of drug-likeness (QED) is 0.311. The molecule has 1 aliphatic carbocycles. The van der Waals surface area contributed by atoms with Crippen molar-refractivity contribution in [3.05, 3.63) is 6.42 Å². The second kappa shape index (κ2) is 0.733. The van der Waals surface area contributed by atoms with Crippen molar-refractivity contribution in [2.24, 2.45) is 0 Å². The lowest BCUT2D eigenvalue weighted by molar-refractivity contribution is 0.346. The Kier molecular flexibility index (Phi) is 0.356. The molecular weight excluding hydrogens is 76.1 g/mol. The first-order chi connectivity index (χ1) is 2.97. The third kappa shape index (κ3) is 0.219. The first-order valence-electron chi connectivity index (χ1n) is 2.44. The Morgan fingerprint density at radius 2 is 2.00 bits per heavy atom. The van der Waals surface area contributed by atoms with Gasteiger partial charge in [-0.25, -0.2) is 0 Å². The molecule has 1 heterocycles. The van der Waals surface area contributed by atoms with Gasteiger partial charge in [0.15, 0.2) is 0 Å². The summed E-state index contributed by atoms with van der Waals surface area (Å²) in [6.07, 6.45) is 6.05. The number of fused-ring (bicyclic) bond motifs is 1. The number of epoxide rings is 1. The maximum Gasteiger partial charge on any atom is 0.129 e. The molecule has 0 N–H and O–H groups in total. The minimum Gasteiger partial charge on any atom is -0.360 e. The zero-order valence-corrected chi connectivity index (χ0v) is 3.55. The molecule has 1 saturated carbocycles. The second-order valence-electron chi connectivity index (χ2n) is 1.97. The van der Waals surface area contributed by atoms with Crippen LogP contribution >= 0.6 is 0 Å². The smallest absolute Gasteiger partial charge is 0.129 e. The number of rotatable bonds is 0.